The summed E-state index contributed by atoms with van der Waals surface area (Å²) < 4.78 is 16.8. The Kier molecular flexibility index (Phi) is 8.02. The first-order valence-corrected chi connectivity index (χ1v) is 12.7. The summed E-state index contributed by atoms with van der Waals surface area (Å²) in [6.07, 6.45) is 5.39. The van der Waals surface area contributed by atoms with Gasteiger partial charge in [-0.3, -0.25) is 4.79 Å². The van der Waals surface area contributed by atoms with Gasteiger partial charge in [0.2, 0.25) is 0 Å². The lowest BCUT2D eigenvalue weighted by Gasteiger charge is -2.29. The molecule has 1 atom stereocenters. The van der Waals surface area contributed by atoms with E-state index in [-0.39, 0.29) is 11.9 Å². The molecule has 0 bridgehead atoms. The summed E-state index contributed by atoms with van der Waals surface area (Å²) >= 11 is 0. The van der Waals surface area contributed by atoms with Gasteiger partial charge in [-0.25, -0.2) is 0 Å². The summed E-state index contributed by atoms with van der Waals surface area (Å²) in [5.41, 5.74) is 5.81. The topological polar surface area (TPSA) is 44.8 Å². The number of ether oxygens (including phenoxy) is 3. The Morgan fingerprint density at radius 1 is 0.848 bits per heavy atom. The van der Waals surface area contributed by atoms with Crippen molar-refractivity contribution >= 4 is 24.5 Å². The molecular weight excluding hydrogens is 431 g/mol. The fourth-order valence-corrected chi connectivity index (χ4v) is 7.77. The molecule has 0 radical (unpaired) electrons. The SMILES string of the molecule is CCC1=CC=C(P(c2cc(C)c(OC)c(C)c2)c2cc(C)c(OC)c(C)c2)C1COC(C)=O. The minimum absolute atomic E-state index is 0.0930. The van der Waals surface area contributed by atoms with E-state index in [1.165, 1.54) is 28.4 Å². The zero-order valence-electron chi connectivity index (χ0n) is 21.0. The number of carbonyl (C=O) groups is 1. The van der Waals surface area contributed by atoms with E-state index in [0.29, 0.717) is 6.61 Å². The number of rotatable bonds is 8. The highest BCUT2D eigenvalue weighted by Gasteiger charge is 2.32. The van der Waals surface area contributed by atoms with E-state index in [9.17, 15) is 4.79 Å². The molecule has 1 aliphatic rings. The molecule has 0 N–H and O–H groups in total. The van der Waals surface area contributed by atoms with Crippen LogP contribution in [0.3, 0.4) is 0 Å². The number of aryl methyl sites for hydroxylation is 4. The Labute approximate surface area is 199 Å². The fraction of sp³-hybridized carbons (Fsp3) is 0.393. The molecule has 0 saturated carbocycles. The average molecular weight is 467 g/mol. The highest BCUT2D eigenvalue weighted by atomic mass is 31.1. The normalized spacial score (nSPS) is 15.4. The maximum Gasteiger partial charge on any atom is 0.302 e. The number of hydrogen-bond donors (Lipinski definition) is 0. The number of methoxy groups -OCH3 is 2. The average Bonchev–Trinajstić information content (AvgIpc) is 3.14. The van der Waals surface area contributed by atoms with Crippen LogP contribution in [0.15, 0.2) is 47.3 Å². The van der Waals surface area contributed by atoms with Gasteiger partial charge in [0, 0.05) is 12.8 Å². The summed E-state index contributed by atoms with van der Waals surface area (Å²) in [6, 6.07) is 9.00. The van der Waals surface area contributed by atoms with Crippen molar-refractivity contribution in [3.8, 4) is 11.5 Å². The van der Waals surface area contributed by atoms with Crippen LogP contribution >= 0.6 is 7.92 Å². The van der Waals surface area contributed by atoms with Gasteiger partial charge in [-0.05, 0) is 104 Å². The molecule has 33 heavy (non-hydrogen) atoms. The van der Waals surface area contributed by atoms with Crippen LogP contribution in [0.2, 0.25) is 0 Å². The molecule has 0 heterocycles. The molecule has 3 rings (SSSR count). The molecular formula is C28H35O4P. The number of esters is 1. The third-order valence-electron chi connectivity index (χ3n) is 6.21. The molecule has 1 aliphatic carbocycles. The highest BCUT2D eigenvalue weighted by molar-refractivity contribution is 7.76. The quantitative estimate of drug-likeness (QED) is 0.365. The van der Waals surface area contributed by atoms with Crippen molar-refractivity contribution in [3.63, 3.8) is 0 Å². The summed E-state index contributed by atoms with van der Waals surface area (Å²) in [4.78, 5) is 11.6. The smallest absolute Gasteiger partial charge is 0.302 e. The van der Waals surface area contributed by atoms with Gasteiger partial charge in [0.1, 0.15) is 18.1 Å². The molecule has 5 heteroatoms. The second-order valence-corrected chi connectivity index (χ2v) is 10.8. The van der Waals surface area contributed by atoms with Gasteiger partial charge in [-0.2, -0.15) is 0 Å². The first-order valence-electron chi connectivity index (χ1n) is 11.4. The maximum atomic E-state index is 11.6. The summed E-state index contributed by atoms with van der Waals surface area (Å²) in [5.74, 6) is 1.71. The van der Waals surface area contributed by atoms with Gasteiger partial charge in [-0.1, -0.05) is 24.6 Å². The van der Waals surface area contributed by atoms with Crippen LogP contribution in [0.4, 0.5) is 0 Å². The zero-order valence-corrected chi connectivity index (χ0v) is 21.9. The van der Waals surface area contributed by atoms with E-state index in [2.05, 4.69) is 71.0 Å². The number of benzene rings is 2. The van der Waals surface area contributed by atoms with Crippen molar-refractivity contribution in [2.24, 2.45) is 5.92 Å². The van der Waals surface area contributed by atoms with Gasteiger partial charge in [0.15, 0.2) is 0 Å². The molecule has 4 nitrogen and oxygen atoms in total. The van der Waals surface area contributed by atoms with Crippen molar-refractivity contribution in [2.45, 2.75) is 48.0 Å². The standard InChI is InChI=1S/C28H35O4P/c1-9-22-10-11-26(25(22)16-32-21(6)29)33(23-12-17(2)27(30-7)18(3)13-23)24-14-19(4)28(31-8)20(5)15-24/h10-15,25H,9,16H2,1-8H3. The second kappa shape index (κ2) is 10.6. The van der Waals surface area contributed by atoms with Crippen molar-refractivity contribution in [3.05, 3.63) is 69.6 Å². The second-order valence-electron chi connectivity index (χ2n) is 8.60. The van der Waals surface area contributed by atoms with Crippen molar-refractivity contribution in [1.82, 2.24) is 0 Å². The largest absolute Gasteiger partial charge is 0.496 e. The molecule has 0 fully saturated rings. The van der Waals surface area contributed by atoms with Crippen LogP contribution in [0.25, 0.3) is 0 Å². The Morgan fingerprint density at radius 2 is 1.30 bits per heavy atom. The Morgan fingerprint density at radius 3 is 1.67 bits per heavy atom. The van der Waals surface area contributed by atoms with E-state index in [0.717, 1.165) is 40.2 Å². The molecule has 0 spiro atoms. The predicted octanol–water partition coefficient (Wildman–Crippen LogP) is 5.78. The molecule has 0 saturated heterocycles. The van der Waals surface area contributed by atoms with Gasteiger partial charge in [0.25, 0.3) is 0 Å². The van der Waals surface area contributed by atoms with E-state index < -0.39 is 7.92 Å². The summed E-state index contributed by atoms with van der Waals surface area (Å²) in [6.45, 7) is 12.4. The van der Waals surface area contributed by atoms with Crippen LogP contribution in [-0.2, 0) is 9.53 Å². The van der Waals surface area contributed by atoms with E-state index in [1.807, 2.05) is 0 Å². The fourth-order valence-electron chi connectivity index (χ4n) is 4.81. The van der Waals surface area contributed by atoms with Crippen LogP contribution in [0, 0.1) is 33.6 Å². The third kappa shape index (κ3) is 5.17. The van der Waals surface area contributed by atoms with E-state index in [4.69, 9.17) is 14.2 Å². The number of carbonyl (C=O) groups excluding carboxylic acids is 1. The summed E-state index contributed by atoms with van der Waals surface area (Å²) in [5, 5.41) is 3.86. The first kappa shape index (κ1) is 25.1. The molecule has 0 amide bonds. The minimum atomic E-state index is -0.847. The van der Waals surface area contributed by atoms with Crippen LogP contribution in [0.1, 0.15) is 42.5 Å². The van der Waals surface area contributed by atoms with Gasteiger partial charge < -0.3 is 14.2 Å². The predicted molar refractivity (Wildman–Crippen MR) is 138 cm³/mol. The molecule has 2 aromatic rings. The Hall–Kier alpha value is -2.58. The zero-order chi connectivity index (χ0) is 24.3. The lowest BCUT2D eigenvalue weighted by Crippen LogP contribution is -2.22. The molecule has 0 aromatic heterocycles. The summed E-state index contributed by atoms with van der Waals surface area (Å²) in [7, 11) is 2.60. The first-order chi connectivity index (χ1) is 15.7. The van der Waals surface area contributed by atoms with E-state index >= 15 is 0 Å². The van der Waals surface area contributed by atoms with Gasteiger partial charge >= 0.3 is 5.97 Å². The number of hydrogen-bond acceptors (Lipinski definition) is 4. The molecule has 1 unspecified atom stereocenters. The molecule has 0 aliphatic heterocycles. The molecule has 2 aromatic carbocycles. The Bertz CT molecular complexity index is 1010. The van der Waals surface area contributed by atoms with Crippen LogP contribution in [0.5, 0.6) is 11.5 Å². The van der Waals surface area contributed by atoms with Crippen molar-refractivity contribution in [2.75, 3.05) is 20.8 Å². The van der Waals surface area contributed by atoms with Crippen molar-refractivity contribution in [1.29, 1.82) is 0 Å². The minimum Gasteiger partial charge on any atom is -0.496 e. The van der Waals surface area contributed by atoms with E-state index in [1.54, 1.807) is 14.2 Å². The van der Waals surface area contributed by atoms with Gasteiger partial charge in [-0.15, -0.1) is 0 Å². The lowest BCUT2D eigenvalue weighted by atomic mass is 10.0. The lowest BCUT2D eigenvalue weighted by molar-refractivity contribution is -0.141. The number of allylic oxidation sites excluding steroid dienone is 2. The Balaban J connectivity index is 2.19. The van der Waals surface area contributed by atoms with Crippen LogP contribution < -0.4 is 20.1 Å². The monoisotopic (exact) mass is 466 g/mol. The van der Waals surface area contributed by atoms with Crippen LogP contribution in [-0.4, -0.2) is 26.8 Å². The maximum absolute atomic E-state index is 11.6. The molecule has 176 valence electrons. The third-order valence-corrected chi connectivity index (χ3v) is 8.73. The highest BCUT2D eigenvalue weighted by Crippen LogP contribution is 2.52. The van der Waals surface area contributed by atoms with Crippen molar-refractivity contribution < 1.29 is 19.0 Å². The van der Waals surface area contributed by atoms with Gasteiger partial charge in [0.05, 0.1) is 14.2 Å².